The van der Waals surface area contributed by atoms with Crippen molar-refractivity contribution in [3.8, 4) is 0 Å². The summed E-state index contributed by atoms with van der Waals surface area (Å²) in [4.78, 5) is 11.6. The number of hydrogen-bond acceptors (Lipinski definition) is 4. The van der Waals surface area contributed by atoms with Crippen LogP contribution in [0.4, 0.5) is 5.69 Å². The van der Waals surface area contributed by atoms with E-state index < -0.39 is 0 Å². The van der Waals surface area contributed by atoms with Gasteiger partial charge in [0.05, 0.1) is 18.1 Å². The topological polar surface area (TPSA) is 52.3 Å². The predicted molar refractivity (Wildman–Crippen MR) is 98.1 cm³/mol. The van der Waals surface area contributed by atoms with E-state index in [4.69, 9.17) is 22.1 Å². The van der Waals surface area contributed by atoms with Gasteiger partial charge in [0, 0.05) is 10.7 Å². The van der Waals surface area contributed by atoms with E-state index in [0.29, 0.717) is 10.7 Å². The number of carbonyl (C=O) groups is 1. The molecule has 2 aromatic rings. The van der Waals surface area contributed by atoms with Gasteiger partial charge in [-0.15, -0.1) is 11.8 Å². The van der Waals surface area contributed by atoms with E-state index >= 15 is 0 Å². The Morgan fingerprint density at radius 1 is 1.26 bits per heavy atom. The van der Waals surface area contributed by atoms with E-state index in [0.717, 1.165) is 22.3 Å². The van der Waals surface area contributed by atoms with Crippen molar-refractivity contribution < 1.29 is 9.53 Å². The smallest absolute Gasteiger partial charge is 0.315 e. The number of benzene rings is 2. The van der Waals surface area contributed by atoms with Crippen LogP contribution < -0.4 is 5.73 Å². The maximum absolute atomic E-state index is 11.6. The molecule has 0 aromatic heterocycles. The third-order valence-electron chi connectivity index (χ3n) is 3.73. The Bertz CT molecular complexity index is 698. The van der Waals surface area contributed by atoms with Crippen LogP contribution in [-0.2, 0) is 9.53 Å². The van der Waals surface area contributed by atoms with E-state index in [1.165, 1.54) is 18.9 Å². The van der Waals surface area contributed by atoms with E-state index in [1.807, 2.05) is 12.1 Å². The molecule has 23 heavy (non-hydrogen) atoms. The summed E-state index contributed by atoms with van der Waals surface area (Å²) in [5.74, 6) is -0.00667. The van der Waals surface area contributed by atoms with Crippen molar-refractivity contribution in [1.29, 1.82) is 0 Å². The molecule has 2 N–H and O–H groups in total. The molecular weight excluding hydrogens is 330 g/mol. The van der Waals surface area contributed by atoms with Gasteiger partial charge in [0.15, 0.2) is 0 Å². The van der Waals surface area contributed by atoms with Gasteiger partial charge in [0.1, 0.15) is 0 Å². The molecular formula is C18H20ClNO2S. The van der Waals surface area contributed by atoms with Crippen LogP contribution >= 0.6 is 23.4 Å². The molecule has 0 aliphatic carbocycles. The highest BCUT2D eigenvalue weighted by molar-refractivity contribution is 8.00. The Hall–Kier alpha value is -1.65. The zero-order chi connectivity index (χ0) is 17.0. The highest BCUT2D eigenvalue weighted by Crippen LogP contribution is 2.42. The lowest BCUT2D eigenvalue weighted by atomic mass is 9.95. The minimum atomic E-state index is -0.258. The highest BCUT2D eigenvalue weighted by atomic mass is 35.5. The third-order valence-corrected chi connectivity index (χ3v) is 5.19. The molecule has 1 atom stereocenters. The van der Waals surface area contributed by atoms with Crippen LogP contribution in [0.15, 0.2) is 36.4 Å². The number of carbonyl (C=O) groups excluding carboxylic acids is 1. The largest absolute Gasteiger partial charge is 0.468 e. The van der Waals surface area contributed by atoms with Gasteiger partial charge in [-0.1, -0.05) is 29.8 Å². The second-order valence-corrected chi connectivity index (χ2v) is 6.88. The highest BCUT2D eigenvalue weighted by Gasteiger charge is 2.22. The quantitative estimate of drug-likeness (QED) is 0.636. The van der Waals surface area contributed by atoms with Crippen molar-refractivity contribution >= 4 is 35.0 Å². The number of esters is 1. The molecule has 5 heteroatoms. The van der Waals surface area contributed by atoms with Crippen molar-refractivity contribution in [2.75, 3.05) is 18.6 Å². The van der Waals surface area contributed by atoms with Gasteiger partial charge in [-0.2, -0.15) is 0 Å². The van der Waals surface area contributed by atoms with Crippen LogP contribution in [0.25, 0.3) is 0 Å². The average Bonchev–Trinajstić information content (AvgIpc) is 2.52. The second kappa shape index (κ2) is 7.75. The molecule has 0 fully saturated rings. The number of rotatable bonds is 5. The molecule has 0 spiro atoms. The summed E-state index contributed by atoms with van der Waals surface area (Å²) >= 11 is 7.66. The monoisotopic (exact) mass is 349 g/mol. The van der Waals surface area contributed by atoms with Crippen LogP contribution in [0, 0.1) is 13.8 Å². The molecule has 0 bridgehead atoms. The lowest BCUT2D eigenvalue weighted by Crippen LogP contribution is -2.10. The van der Waals surface area contributed by atoms with Gasteiger partial charge >= 0.3 is 5.97 Å². The van der Waals surface area contributed by atoms with Crippen LogP contribution in [0.5, 0.6) is 0 Å². The van der Waals surface area contributed by atoms with Crippen LogP contribution in [-0.4, -0.2) is 18.8 Å². The number of nitrogen functional groups attached to an aromatic ring is 1. The van der Waals surface area contributed by atoms with Crippen molar-refractivity contribution in [1.82, 2.24) is 0 Å². The number of hydrogen-bond donors (Lipinski definition) is 1. The minimum absolute atomic E-state index is 0.0750. The SMILES string of the molecule is COC(=O)CSC(c1cc(Cl)ccc1N)c1c(C)cccc1C. The predicted octanol–water partition coefficient (Wildman–Crippen LogP) is 4.53. The first-order valence-electron chi connectivity index (χ1n) is 7.23. The van der Waals surface area contributed by atoms with Crippen LogP contribution in [0.2, 0.25) is 5.02 Å². The standard InChI is InChI=1S/C18H20ClNO2S/c1-11-5-4-6-12(2)17(11)18(23-10-16(21)22-3)14-9-13(19)7-8-15(14)20/h4-9,18H,10,20H2,1-3H3. The van der Waals surface area contributed by atoms with Crippen LogP contribution in [0.1, 0.15) is 27.5 Å². The first kappa shape index (κ1) is 17.7. The third kappa shape index (κ3) is 4.21. The Balaban J connectivity index is 2.51. The summed E-state index contributed by atoms with van der Waals surface area (Å²) in [6, 6.07) is 11.6. The number of anilines is 1. The number of halogens is 1. The molecule has 1 unspecified atom stereocenters. The molecule has 122 valence electrons. The fourth-order valence-corrected chi connectivity index (χ4v) is 4.08. The lowest BCUT2D eigenvalue weighted by molar-refractivity contribution is -0.137. The zero-order valence-corrected chi connectivity index (χ0v) is 15.0. The van der Waals surface area contributed by atoms with E-state index in [2.05, 4.69) is 26.0 Å². The maximum Gasteiger partial charge on any atom is 0.315 e. The molecule has 0 saturated carbocycles. The molecule has 0 heterocycles. The molecule has 0 radical (unpaired) electrons. The maximum atomic E-state index is 11.6. The molecule has 3 nitrogen and oxygen atoms in total. The summed E-state index contributed by atoms with van der Waals surface area (Å²) in [6.07, 6.45) is 0. The van der Waals surface area contributed by atoms with E-state index in [1.54, 1.807) is 12.1 Å². The number of aryl methyl sites for hydroxylation is 2. The average molecular weight is 350 g/mol. The van der Waals surface area contributed by atoms with Crippen molar-refractivity contribution in [3.05, 3.63) is 63.7 Å². The number of nitrogens with two attached hydrogens (primary N) is 1. The fourth-order valence-electron chi connectivity index (χ4n) is 2.55. The van der Waals surface area contributed by atoms with E-state index in [-0.39, 0.29) is 17.0 Å². The second-order valence-electron chi connectivity index (χ2n) is 5.35. The summed E-state index contributed by atoms with van der Waals surface area (Å²) < 4.78 is 4.77. The van der Waals surface area contributed by atoms with Crippen LogP contribution in [0.3, 0.4) is 0 Å². The van der Waals surface area contributed by atoms with Crippen molar-refractivity contribution in [2.45, 2.75) is 19.1 Å². The van der Waals surface area contributed by atoms with Crippen molar-refractivity contribution in [2.24, 2.45) is 0 Å². The first-order valence-corrected chi connectivity index (χ1v) is 8.66. The fraction of sp³-hybridized carbons (Fsp3) is 0.278. The number of ether oxygens (including phenoxy) is 1. The van der Waals surface area contributed by atoms with Gasteiger partial charge < -0.3 is 10.5 Å². The summed E-state index contributed by atoms with van der Waals surface area (Å²) in [5, 5.41) is 0.554. The number of methoxy groups -OCH3 is 1. The van der Waals surface area contributed by atoms with Gasteiger partial charge in [0.2, 0.25) is 0 Å². The minimum Gasteiger partial charge on any atom is -0.468 e. The molecule has 2 rings (SSSR count). The van der Waals surface area contributed by atoms with Gasteiger partial charge in [-0.25, -0.2) is 0 Å². The summed E-state index contributed by atoms with van der Waals surface area (Å²) in [6.45, 7) is 4.13. The molecule has 0 aliphatic heterocycles. The normalized spacial score (nSPS) is 12.0. The summed E-state index contributed by atoms with van der Waals surface area (Å²) in [5.41, 5.74) is 11.2. The van der Waals surface area contributed by atoms with E-state index in [9.17, 15) is 4.79 Å². The molecule has 0 saturated heterocycles. The Kier molecular flexibility index (Phi) is 5.97. The zero-order valence-electron chi connectivity index (χ0n) is 13.4. The summed E-state index contributed by atoms with van der Waals surface area (Å²) in [7, 11) is 1.39. The van der Waals surface area contributed by atoms with Gasteiger partial charge in [-0.05, 0) is 54.3 Å². The lowest BCUT2D eigenvalue weighted by Gasteiger charge is -2.23. The Morgan fingerprint density at radius 2 is 1.91 bits per heavy atom. The Morgan fingerprint density at radius 3 is 2.52 bits per heavy atom. The van der Waals surface area contributed by atoms with Gasteiger partial charge in [0.25, 0.3) is 0 Å². The number of thioether (sulfide) groups is 1. The molecule has 0 amide bonds. The first-order chi connectivity index (χ1) is 10.9. The van der Waals surface area contributed by atoms with Crippen molar-refractivity contribution in [3.63, 3.8) is 0 Å². The Labute approximate surface area is 146 Å². The molecule has 2 aromatic carbocycles. The molecule has 0 aliphatic rings. The van der Waals surface area contributed by atoms with Gasteiger partial charge in [-0.3, -0.25) is 4.79 Å².